The summed E-state index contributed by atoms with van der Waals surface area (Å²) < 4.78 is 11.0. The minimum absolute atomic E-state index is 0.0450. The lowest BCUT2D eigenvalue weighted by Gasteiger charge is -2.29. The first kappa shape index (κ1) is 18.8. The van der Waals surface area contributed by atoms with Gasteiger partial charge in [-0.1, -0.05) is 26.0 Å². The first-order valence-corrected chi connectivity index (χ1v) is 9.19. The van der Waals surface area contributed by atoms with Gasteiger partial charge in [0, 0.05) is 12.2 Å². The summed E-state index contributed by atoms with van der Waals surface area (Å²) in [5, 5.41) is 2.80. The van der Waals surface area contributed by atoms with Crippen LogP contribution in [0.4, 0.5) is 11.4 Å². The van der Waals surface area contributed by atoms with E-state index in [4.69, 9.17) is 9.47 Å². The summed E-state index contributed by atoms with van der Waals surface area (Å²) in [6.07, 6.45) is 1.80. The van der Waals surface area contributed by atoms with Gasteiger partial charge in [0.2, 0.25) is 0 Å². The molecule has 0 atom stereocenters. The van der Waals surface area contributed by atoms with Crippen LogP contribution >= 0.6 is 0 Å². The van der Waals surface area contributed by atoms with Gasteiger partial charge in [-0.05, 0) is 48.7 Å². The van der Waals surface area contributed by atoms with Crippen LogP contribution in [-0.4, -0.2) is 31.6 Å². The molecule has 0 aliphatic carbocycles. The molecule has 2 aromatic rings. The van der Waals surface area contributed by atoms with Crippen LogP contribution in [0.5, 0.6) is 11.5 Å². The third-order valence-corrected chi connectivity index (χ3v) is 4.33. The molecule has 0 spiro atoms. The molecule has 0 aromatic heterocycles. The van der Waals surface area contributed by atoms with Gasteiger partial charge in [-0.3, -0.25) is 9.59 Å². The number of aryl methyl sites for hydroxylation is 1. The zero-order valence-corrected chi connectivity index (χ0v) is 15.7. The van der Waals surface area contributed by atoms with Gasteiger partial charge >= 0.3 is 0 Å². The molecule has 0 unspecified atom stereocenters. The molecule has 6 nitrogen and oxygen atoms in total. The van der Waals surface area contributed by atoms with Gasteiger partial charge in [-0.2, -0.15) is 0 Å². The maximum Gasteiger partial charge on any atom is 0.265 e. The van der Waals surface area contributed by atoms with Crippen LogP contribution in [0, 0.1) is 0 Å². The second-order valence-corrected chi connectivity index (χ2v) is 6.35. The molecule has 27 heavy (non-hydrogen) atoms. The van der Waals surface area contributed by atoms with Gasteiger partial charge in [-0.15, -0.1) is 0 Å². The van der Waals surface area contributed by atoms with Crippen LogP contribution in [-0.2, 0) is 16.0 Å². The lowest BCUT2D eigenvalue weighted by Crippen LogP contribution is -2.39. The molecule has 1 N–H and O–H groups in total. The first-order valence-electron chi connectivity index (χ1n) is 9.19. The molecule has 0 bridgehead atoms. The molecule has 2 aromatic carbocycles. The van der Waals surface area contributed by atoms with Gasteiger partial charge < -0.3 is 19.7 Å². The zero-order valence-electron chi connectivity index (χ0n) is 15.7. The Morgan fingerprint density at radius 2 is 1.96 bits per heavy atom. The Morgan fingerprint density at radius 3 is 2.67 bits per heavy atom. The molecular formula is C21H24N2O4. The largest absolute Gasteiger partial charge is 0.484 e. The molecule has 0 radical (unpaired) electrons. The Hall–Kier alpha value is -3.02. The van der Waals surface area contributed by atoms with E-state index in [1.165, 1.54) is 5.56 Å². The topological polar surface area (TPSA) is 67.9 Å². The smallest absolute Gasteiger partial charge is 0.265 e. The predicted octanol–water partition coefficient (Wildman–Crippen LogP) is 3.40. The summed E-state index contributed by atoms with van der Waals surface area (Å²) in [6.45, 7) is 4.67. The highest BCUT2D eigenvalue weighted by Gasteiger charge is 2.25. The number of anilines is 2. The highest BCUT2D eigenvalue weighted by Crippen LogP contribution is 2.34. The van der Waals surface area contributed by atoms with Crippen LogP contribution in [0.2, 0.25) is 0 Å². The maximum atomic E-state index is 12.2. The van der Waals surface area contributed by atoms with Crippen molar-refractivity contribution in [1.82, 2.24) is 0 Å². The minimum Gasteiger partial charge on any atom is -0.484 e. The average molecular weight is 368 g/mol. The minimum atomic E-state index is -0.264. The Labute approximate surface area is 159 Å². The van der Waals surface area contributed by atoms with Crippen LogP contribution in [0.25, 0.3) is 0 Å². The van der Waals surface area contributed by atoms with Crippen molar-refractivity contribution >= 4 is 23.2 Å². The van der Waals surface area contributed by atoms with Crippen molar-refractivity contribution in [2.75, 3.05) is 30.0 Å². The highest BCUT2D eigenvalue weighted by atomic mass is 16.5. The van der Waals surface area contributed by atoms with E-state index in [1.807, 2.05) is 31.2 Å². The van der Waals surface area contributed by atoms with E-state index in [0.717, 1.165) is 12.8 Å². The third-order valence-electron chi connectivity index (χ3n) is 4.33. The van der Waals surface area contributed by atoms with Gasteiger partial charge in [0.05, 0.1) is 5.69 Å². The fourth-order valence-corrected chi connectivity index (χ4v) is 2.92. The number of nitrogens with one attached hydrogen (secondary N) is 1. The van der Waals surface area contributed by atoms with Gasteiger partial charge in [0.15, 0.2) is 13.2 Å². The molecule has 0 saturated heterocycles. The SMILES string of the molecule is CCCN1C(=O)COc2ccc(NC(=O)COc3ccc(CC)cc3)cc21. The van der Waals surface area contributed by atoms with E-state index < -0.39 is 0 Å². The van der Waals surface area contributed by atoms with Crippen LogP contribution < -0.4 is 19.7 Å². The molecule has 3 rings (SSSR count). The van der Waals surface area contributed by atoms with Gasteiger partial charge in [0.1, 0.15) is 11.5 Å². The summed E-state index contributed by atoms with van der Waals surface area (Å²) in [6, 6.07) is 13.0. The van der Waals surface area contributed by atoms with E-state index in [1.54, 1.807) is 23.1 Å². The van der Waals surface area contributed by atoms with Crippen molar-refractivity contribution in [2.24, 2.45) is 0 Å². The van der Waals surface area contributed by atoms with Crippen LogP contribution in [0.3, 0.4) is 0 Å². The number of hydrogen-bond acceptors (Lipinski definition) is 4. The zero-order chi connectivity index (χ0) is 19.2. The van der Waals surface area contributed by atoms with Gasteiger partial charge in [-0.25, -0.2) is 0 Å². The van der Waals surface area contributed by atoms with Crippen molar-refractivity contribution in [1.29, 1.82) is 0 Å². The number of rotatable bonds is 7. The molecule has 142 valence electrons. The van der Waals surface area contributed by atoms with Crippen molar-refractivity contribution in [3.63, 3.8) is 0 Å². The highest BCUT2D eigenvalue weighted by molar-refractivity contribution is 5.99. The van der Waals surface area contributed by atoms with Crippen molar-refractivity contribution in [3.8, 4) is 11.5 Å². The lowest BCUT2D eigenvalue weighted by atomic mass is 10.2. The summed E-state index contributed by atoms with van der Waals surface area (Å²) >= 11 is 0. The number of ether oxygens (including phenoxy) is 2. The van der Waals surface area contributed by atoms with E-state index in [0.29, 0.717) is 29.4 Å². The van der Waals surface area contributed by atoms with Crippen molar-refractivity contribution < 1.29 is 19.1 Å². The van der Waals surface area contributed by atoms with Crippen LogP contribution in [0.1, 0.15) is 25.8 Å². The fraction of sp³-hybridized carbons (Fsp3) is 0.333. The molecule has 1 heterocycles. The number of benzene rings is 2. The quantitative estimate of drug-likeness (QED) is 0.813. The summed E-state index contributed by atoms with van der Waals surface area (Å²) in [7, 11) is 0. The normalized spacial score (nSPS) is 13.0. The van der Waals surface area contributed by atoms with E-state index >= 15 is 0 Å². The Kier molecular flexibility index (Phi) is 5.96. The fourth-order valence-electron chi connectivity index (χ4n) is 2.92. The third kappa shape index (κ3) is 4.58. The lowest BCUT2D eigenvalue weighted by molar-refractivity contribution is -0.121. The Bertz CT molecular complexity index is 817. The second kappa shape index (κ2) is 8.58. The van der Waals surface area contributed by atoms with Gasteiger partial charge in [0.25, 0.3) is 11.8 Å². The molecule has 1 aliphatic rings. The summed E-state index contributed by atoms with van der Waals surface area (Å²) in [4.78, 5) is 26.0. The van der Waals surface area contributed by atoms with E-state index in [9.17, 15) is 9.59 Å². The number of hydrogen-bond donors (Lipinski definition) is 1. The van der Waals surface area contributed by atoms with E-state index in [2.05, 4.69) is 12.2 Å². The number of carbonyl (C=O) groups excluding carboxylic acids is 2. The predicted molar refractivity (Wildman–Crippen MR) is 105 cm³/mol. The maximum absolute atomic E-state index is 12.2. The number of carbonyl (C=O) groups is 2. The monoisotopic (exact) mass is 368 g/mol. The first-order chi connectivity index (χ1) is 13.1. The molecule has 0 saturated carbocycles. The molecule has 0 fully saturated rings. The Balaban J connectivity index is 1.63. The average Bonchev–Trinajstić information content (AvgIpc) is 2.69. The summed E-state index contributed by atoms with van der Waals surface area (Å²) in [5.74, 6) is 0.959. The molecule has 1 aliphatic heterocycles. The standard InChI is InChI=1S/C21H24N2O4/c1-3-11-23-18-12-16(7-10-19(18)27-14-21(23)25)22-20(24)13-26-17-8-5-15(4-2)6-9-17/h5-10,12H,3-4,11,13-14H2,1-2H3,(H,22,24). The van der Waals surface area contributed by atoms with Crippen molar-refractivity contribution in [2.45, 2.75) is 26.7 Å². The van der Waals surface area contributed by atoms with Crippen LogP contribution in [0.15, 0.2) is 42.5 Å². The van der Waals surface area contributed by atoms with E-state index in [-0.39, 0.29) is 25.0 Å². The molecule has 2 amide bonds. The second-order valence-electron chi connectivity index (χ2n) is 6.35. The summed E-state index contributed by atoms with van der Waals surface area (Å²) in [5.41, 5.74) is 2.50. The Morgan fingerprint density at radius 1 is 1.19 bits per heavy atom. The number of fused-ring (bicyclic) bond motifs is 1. The number of nitrogens with zero attached hydrogens (tertiary/aromatic N) is 1. The molecular weight excluding hydrogens is 344 g/mol. The number of amides is 2. The van der Waals surface area contributed by atoms with Crippen molar-refractivity contribution in [3.05, 3.63) is 48.0 Å². The molecule has 6 heteroatoms.